The van der Waals surface area contributed by atoms with Crippen molar-refractivity contribution in [1.82, 2.24) is 5.43 Å². The van der Waals surface area contributed by atoms with Gasteiger partial charge in [-0.3, -0.25) is 4.79 Å². The summed E-state index contributed by atoms with van der Waals surface area (Å²) in [6.45, 7) is 2.49. The smallest absolute Gasteiger partial charge is 0.240 e. The second kappa shape index (κ2) is 9.44. The molecule has 3 N–H and O–H groups in total. The van der Waals surface area contributed by atoms with Crippen LogP contribution in [0, 0.1) is 0 Å². The second-order valence-corrected chi connectivity index (χ2v) is 5.41. The van der Waals surface area contributed by atoms with Crippen LogP contribution in [0.15, 0.2) is 53.6 Å². The van der Waals surface area contributed by atoms with Crippen LogP contribution in [0.4, 0.5) is 0 Å². The number of nitrogens with zero attached hydrogens (tertiary/aromatic N) is 1. The van der Waals surface area contributed by atoms with Crippen LogP contribution in [0.25, 0.3) is 0 Å². The van der Waals surface area contributed by atoms with Crippen LogP contribution in [0.2, 0.25) is 0 Å². The predicted molar refractivity (Wildman–Crippen MR) is 95.6 cm³/mol. The Morgan fingerprint density at radius 2 is 1.96 bits per heavy atom. The lowest BCUT2D eigenvalue weighted by Crippen LogP contribution is -2.18. The van der Waals surface area contributed by atoms with E-state index in [1.165, 1.54) is 12.3 Å². The van der Waals surface area contributed by atoms with Crippen LogP contribution in [-0.4, -0.2) is 28.9 Å². The van der Waals surface area contributed by atoms with E-state index in [2.05, 4.69) is 10.5 Å². The van der Waals surface area contributed by atoms with Crippen molar-refractivity contribution in [3.05, 3.63) is 59.7 Å². The molecule has 0 saturated heterocycles. The zero-order valence-electron chi connectivity index (χ0n) is 14.1. The van der Waals surface area contributed by atoms with Crippen molar-refractivity contribution in [3.8, 4) is 11.5 Å². The quantitative estimate of drug-likeness (QED) is 0.508. The summed E-state index contributed by atoms with van der Waals surface area (Å²) in [5.41, 5.74) is 3.62. The molecule has 0 fully saturated rings. The average Bonchev–Trinajstić information content (AvgIpc) is 2.62. The highest BCUT2D eigenvalue weighted by Gasteiger charge is 2.10. The summed E-state index contributed by atoms with van der Waals surface area (Å²) in [5.74, 6) is 0.526. The molecule has 2 aromatic rings. The van der Waals surface area contributed by atoms with Crippen molar-refractivity contribution in [1.29, 1.82) is 0 Å². The maximum Gasteiger partial charge on any atom is 0.240 e. The van der Waals surface area contributed by atoms with Crippen LogP contribution in [0.5, 0.6) is 11.5 Å². The molecule has 6 heteroatoms. The minimum atomic E-state index is -0.733. The lowest BCUT2D eigenvalue weighted by molar-refractivity contribution is -0.121. The molecule has 0 heterocycles. The van der Waals surface area contributed by atoms with Gasteiger partial charge in [0.25, 0.3) is 0 Å². The Hall–Kier alpha value is -2.86. The van der Waals surface area contributed by atoms with E-state index < -0.39 is 6.10 Å². The molecule has 2 aromatic carbocycles. The number of rotatable bonds is 8. The number of aliphatic hydroxyl groups is 1. The van der Waals surface area contributed by atoms with Gasteiger partial charge in [-0.1, -0.05) is 24.3 Å². The molecule has 1 atom stereocenters. The van der Waals surface area contributed by atoms with Gasteiger partial charge in [0.15, 0.2) is 0 Å². The fraction of sp³-hybridized carbons (Fsp3) is 0.263. The predicted octanol–water partition coefficient (Wildman–Crippen LogP) is 2.75. The molecule has 0 saturated carbocycles. The van der Waals surface area contributed by atoms with E-state index in [1.54, 1.807) is 42.5 Å². The van der Waals surface area contributed by atoms with Crippen molar-refractivity contribution in [3.63, 3.8) is 0 Å². The SMILES string of the molecule is CCOc1ccc([C@@H](O)CCC(=O)N/N=C/c2ccccc2O)cc1. The number of nitrogens with one attached hydrogen (secondary N) is 1. The Morgan fingerprint density at radius 3 is 2.64 bits per heavy atom. The number of amides is 1. The van der Waals surface area contributed by atoms with E-state index in [0.717, 1.165) is 11.3 Å². The molecule has 0 spiro atoms. The minimum Gasteiger partial charge on any atom is -0.507 e. The zero-order chi connectivity index (χ0) is 18.1. The molecule has 0 radical (unpaired) electrons. The molecule has 6 nitrogen and oxygen atoms in total. The summed E-state index contributed by atoms with van der Waals surface area (Å²) in [6.07, 6.45) is 1.05. The number of carbonyl (C=O) groups is 1. The van der Waals surface area contributed by atoms with Crippen LogP contribution in [-0.2, 0) is 4.79 Å². The Kier molecular flexibility index (Phi) is 6.98. The van der Waals surface area contributed by atoms with E-state index >= 15 is 0 Å². The van der Waals surface area contributed by atoms with E-state index in [-0.39, 0.29) is 24.5 Å². The van der Waals surface area contributed by atoms with Crippen molar-refractivity contribution in [2.45, 2.75) is 25.9 Å². The summed E-state index contributed by atoms with van der Waals surface area (Å²) in [6, 6.07) is 13.8. The topological polar surface area (TPSA) is 91.2 Å². The molecular weight excluding hydrogens is 320 g/mol. The number of para-hydroxylation sites is 1. The van der Waals surface area contributed by atoms with E-state index in [9.17, 15) is 15.0 Å². The summed E-state index contributed by atoms with van der Waals surface area (Å²) in [4.78, 5) is 11.8. The Labute approximate surface area is 146 Å². The number of ether oxygens (including phenoxy) is 1. The first kappa shape index (κ1) is 18.5. The zero-order valence-corrected chi connectivity index (χ0v) is 14.1. The molecule has 0 bridgehead atoms. The number of hydrazone groups is 1. The Morgan fingerprint density at radius 1 is 1.24 bits per heavy atom. The number of aromatic hydroxyl groups is 1. The number of phenols is 1. The third-order valence-electron chi connectivity index (χ3n) is 3.55. The lowest BCUT2D eigenvalue weighted by atomic mass is 10.0. The number of phenolic OH excluding ortho intramolecular Hbond substituents is 1. The summed E-state index contributed by atoms with van der Waals surface area (Å²) in [7, 11) is 0. The lowest BCUT2D eigenvalue weighted by Gasteiger charge is -2.11. The number of hydrogen-bond acceptors (Lipinski definition) is 5. The average molecular weight is 342 g/mol. The molecule has 0 aliphatic carbocycles. The molecule has 2 rings (SSSR count). The van der Waals surface area contributed by atoms with Gasteiger partial charge in [-0.05, 0) is 43.2 Å². The standard InChI is InChI=1S/C19H22N2O4/c1-2-25-16-9-7-14(8-10-16)18(23)11-12-19(24)21-20-13-15-5-3-4-6-17(15)22/h3-10,13,18,22-23H,2,11-12H2,1H3,(H,21,24)/b20-13+/t18-/m0/s1. The van der Waals surface area contributed by atoms with Crippen molar-refractivity contribution >= 4 is 12.1 Å². The van der Waals surface area contributed by atoms with Gasteiger partial charge >= 0.3 is 0 Å². The van der Waals surface area contributed by atoms with Gasteiger partial charge in [-0.15, -0.1) is 0 Å². The molecule has 25 heavy (non-hydrogen) atoms. The molecule has 0 unspecified atom stereocenters. The van der Waals surface area contributed by atoms with Gasteiger partial charge < -0.3 is 14.9 Å². The normalized spacial score (nSPS) is 12.1. The molecular formula is C19H22N2O4. The number of hydrogen-bond donors (Lipinski definition) is 3. The molecule has 0 aliphatic heterocycles. The van der Waals surface area contributed by atoms with E-state index in [0.29, 0.717) is 12.2 Å². The highest BCUT2D eigenvalue weighted by molar-refractivity contribution is 5.84. The summed E-state index contributed by atoms with van der Waals surface area (Å²) in [5, 5.41) is 23.5. The van der Waals surface area contributed by atoms with E-state index in [1.807, 2.05) is 6.92 Å². The monoisotopic (exact) mass is 342 g/mol. The fourth-order valence-corrected chi connectivity index (χ4v) is 2.21. The number of benzene rings is 2. The first-order valence-electron chi connectivity index (χ1n) is 8.11. The Bertz CT molecular complexity index is 714. The third-order valence-corrected chi connectivity index (χ3v) is 3.55. The van der Waals surface area contributed by atoms with Crippen LogP contribution in [0.1, 0.15) is 37.0 Å². The maximum atomic E-state index is 11.8. The van der Waals surface area contributed by atoms with Crippen LogP contribution < -0.4 is 10.2 Å². The largest absolute Gasteiger partial charge is 0.507 e. The first-order chi connectivity index (χ1) is 12.1. The summed E-state index contributed by atoms with van der Waals surface area (Å²) >= 11 is 0. The van der Waals surface area contributed by atoms with Gasteiger partial charge in [0.2, 0.25) is 5.91 Å². The Balaban J connectivity index is 1.78. The van der Waals surface area contributed by atoms with Crippen molar-refractivity contribution in [2.24, 2.45) is 5.10 Å². The third kappa shape index (κ3) is 5.93. The van der Waals surface area contributed by atoms with Crippen LogP contribution >= 0.6 is 0 Å². The molecule has 0 aliphatic rings. The van der Waals surface area contributed by atoms with Gasteiger partial charge in [0.05, 0.1) is 18.9 Å². The fourth-order valence-electron chi connectivity index (χ4n) is 2.21. The van der Waals surface area contributed by atoms with E-state index in [4.69, 9.17) is 4.74 Å². The molecule has 1 amide bonds. The van der Waals surface area contributed by atoms with Gasteiger partial charge in [-0.25, -0.2) is 5.43 Å². The summed E-state index contributed by atoms with van der Waals surface area (Å²) < 4.78 is 5.35. The van der Waals surface area contributed by atoms with Crippen LogP contribution in [0.3, 0.4) is 0 Å². The van der Waals surface area contributed by atoms with Crippen molar-refractivity contribution in [2.75, 3.05) is 6.61 Å². The van der Waals surface area contributed by atoms with Crippen molar-refractivity contribution < 1.29 is 19.7 Å². The maximum absolute atomic E-state index is 11.8. The van der Waals surface area contributed by atoms with Gasteiger partial charge in [-0.2, -0.15) is 5.10 Å². The number of aliphatic hydroxyl groups excluding tert-OH is 1. The first-order valence-corrected chi connectivity index (χ1v) is 8.11. The minimum absolute atomic E-state index is 0.0893. The number of carbonyl (C=O) groups excluding carboxylic acids is 1. The highest BCUT2D eigenvalue weighted by atomic mass is 16.5. The van der Waals surface area contributed by atoms with Gasteiger partial charge in [0.1, 0.15) is 11.5 Å². The highest BCUT2D eigenvalue weighted by Crippen LogP contribution is 2.21. The molecule has 0 aromatic heterocycles. The molecule has 132 valence electrons. The van der Waals surface area contributed by atoms with Gasteiger partial charge in [0, 0.05) is 12.0 Å². The second-order valence-electron chi connectivity index (χ2n) is 5.41.